The van der Waals surface area contributed by atoms with Gasteiger partial charge in [-0.2, -0.15) is 13.2 Å². The second kappa shape index (κ2) is 9.61. The molecule has 0 spiro atoms. The Bertz CT molecular complexity index is 807. The first kappa shape index (κ1) is 21.8. The summed E-state index contributed by atoms with van der Waals surface area (Å²) >= 11 is 1.08. The number of benzene rings is 2. The van der Waals surface area contributed by atoms with Gasteiger partial charge in [-0.15, -0.1) is 0 Å². The van der Waals surface area contributed by atoms with E-state index in [0.717, 1.165) is 16.7 Å². The van der Waals surface area contributed by atoms with E-state index in [4.69, 9.17) is 0 Å². The van der Waals surface area contributed by atoms with E-state index in [1.165, 1.54) is 29.2 Å². The Balaban J connectivity index is 1.89. The first-order chi connectivity index (χ1) is 13.1. The number of hydrogen-bond acceptors (Lipinski definition) is 4. The maximum Gasteiger partial charge on any atom is 0.411 e. The standard InChI is InChI=1S/C19H19F3N2O3S/c1-24(2)18(26)28-16-9-7-15(8-10-16)23-17(25)14-5-3-13(4-6-14)11-27-12-19(20,21)22/h3-10H,11-12H2,1-2H3,(H,23,25). The fourth-order valence-electron chi connectivity index (χ4n) is 2.04. The van der Waals surface area contributed by atoms with Gasteiger partial charge in [-0.3, -0.25) is 9.59 Å². The molecule has 0 fully saturated rings. The quantitative estimate of drug-likeness (QED) is 0.693. The third-order valence-electron chi connectivity index (χ3n) is 3.43. The highest BCUT2D eigenvalue weighted by atomic mass is 32.2. The molecule has 5 nitrogen and oxygen atoms in total. The lowest BCUT2D eigenvalue weighted by atomic mass is 10.1. The molecule has 0 aliphatic carbocycles. The third kappa shape index (κ3) is 7.24. The first-order valence-electron chi connectivity index (χ1n) is 8.18. The van der Waals surface area contributed by atoms with E-state index >= 15 is 0 Å². The summed E-state index contributed by atoms with van der Waals surface area (Å²) in [5.74, 6) is -0.354. The number of hydrogen-bond donors (Lipinski definition) is 1. The highest BCUT2D eigenvalue weighted by Gasteiger charge is 2.27. The van der Waals surface area contributed by atoms with Crippen LogP contribution < -0.4 is 5.32 Å². The van der Waals surface area contributed by atoms with E-state index in [-0.39, 0.29) is 17.8 Å². The maximum absolute atomic E-state index is 12.3. The molecular weight excluding hydrogens is 393 g/mol. The van der Waals surface area contributed by atoms with Gasteiger partial charge in [0.05, 0.1) is 6.61 Å². The summed E-state index contributed by atoms with van der Waals surface area (Å²) in [5, 5.41) is 2.62. The lowest BCUT2D eigenvalue weighted by Gasteiger charge is -2.10. The number of nitrogens with zero attached hydrogens (tertiary/aromatic N) is 1. The van der Waals surface area contributed by atoms with Crippen molar-refractivity contribution in [1.29, 1.82) is 0 Å². The van der Waals surface area contributed by atoms with Crippen LogP contribution in [0.4, 0.5) is 23.7 Å². The van der Waals surface area contributed by atoms with Crippen LogP contribution in [0.1, 0.15) is 15.9 Å². The van der Waals surface area contributed by atoms with Gasteiger partial charge < -0.3 is 15.0 Å². The Kier molecular flexibility index (Phi) is 7.47. The summed E-state index contributed by atoms with van der Waals surface area (Å²) in [6.45, 7) is -1.50. The van der Waals surface area contributed by atoms with E-state index in [2.05, 4.69) is 10.1 Å². The second-order valence-corrected chi connectivity index (χ2v) is 7.07. The third-order valence-corrected chi connectivity index (χ3v) is 4.48. The van der Waals surface area contributed by atoms with Crippen LogP contribution >= 0.6 is 11.8 Å². The van der Waals surface area contributed by atoms with Gasteiger partial charge in [0.1, 0.15) is 6.61 Å². The molecule has 0 radical (unpaired) electrons. The summed E-state index contributed by atoms with van der Waals surface area (Å²) in [6, 6.07) is 12.9. The molecule has 0 saturated carbocycles. The first-order valence-corrected chi connectivity index (χ1v) is 9.00. The molecule has 28 heavy (non-hydrogen) atoms. The molecule has 1 N–H and O–H groups in total. The monoisotopic (exact) mass is 412 g/mol. The normalized spacial score (nSPS) is 11.2. The second-order valence-electron chi connectivity index (χ2n) is 6.05. The van der Waals surface area contributed by atoms with Crippen molar-refractivity contribution < 1.29 is 27.5 Å². The zero-order valence-electron chi connectivity index (χ0n) is 15.2. The Hall–Kier alpha value is -2.52. The number of halogens is 3. The van der Waals surface area contributed by atoms with Gasteiger partial charge in [0.15, 0.2) is 0 Å². The zero-order chi connectivity index (χ0) is 20.7. The minimum atomic E-state index is -4.37. The number of anilines is 1. The van der Waals surface area contributed by atoms with E-state index < -0.39 is 12.8 Å². The Labute approximate surface area is 164 Å². The average molecular weight is 412 g/mol. The van der Waals surface area contributed by atoms with Crippen LogP contribution in [0, 0.1) is 0 Å². The predicted octanol–water partition coefficient (Wildman–Crippen LogP) is 4.79. The Morgan fingerprint density at radius 2 is 1.64 bits per heavy atom. The highest BCUT2D eigenvalue weighted by Crippen LogP contribution is 2.23. The molecule has 2 rings (SSSR count). The molecule has 0 bridgehead atoms. The van der Waals surface area contributed by atoms with Crippen LogP contribution in [0.15, 0.2) is 53.4 Å². The molecule has 0 atom stereocenters. The minimum Gasteiger partial charge on any atom is -0.367 e. The fraction of sp³-hybridized carbons (Fsp3) is 0.263. The van der Waals surface area contributed by atoms with Gasteiger partial charge in [0.2, 0.25) is 0 Å². The van der Waals surface area contributed by atoms with Gasteiger partial charge >= 0.3 is 6.18 Å². The summed E-state index contributed by atoms with van der Waals surface area (Å²) in [5.41, 5.74) is 1.46. The fourth-order valence-corrected chi connectivity index (χ4v) is 2.70. The lowest BCUT2D eigenvalue weighted by molar-refractivity contribution is -0.176. The number of thioether (sulfide) groups is 1. The van der Waals surface area contributed by atoms with Crippen molar-refractivity contribution in [2.75, 3.05) is 26.0 Å². The van der Waals surface area contributed by atoms with Crippen molar-refractivity contribution in [2.24, 2.45) is 0 Å². The molecule has 0 unspecified atom stereocenters. The molecule has 2 amide bonds. The molecule has 9 heteroatoms. The number of amides is 2. The van der Waals surface area contributed by atoms with Crippen molar-refractivity contribution in [3.8, 4) is 0 Å². The average Bonchev–Trinajstić information content (AvgIpc) is 2.62. The summed E-state index contributed by atoms with van der Waals surface area (Å²) in [4.78, 5) is 26.1. The minimum absolute atomic E-state index is 0.101. The van der Waals surface area contributed by atoms with Gasteiger partial charge in [-0.05, 0) is 53.7 Å². The van der Waals surface area contributed by atoms with Crippen molar-refractivity contribution in [3.05, 3.63) is 59.7 Å². The summed E-state index contributed by atoms with van der Waals surface area (Å²) in [7, 11) is 3.33. The molecular formula is C19H19F3N2O3S. The number of carbonyl (C=O) groups excluding carboxylic acids is 2. The molecule has 150 valence electrons. The van der Waals surface area contributed by atoms with E-state index in [1.54, 1.807) is 38.4 Å². The molecule has 0 aliphatic heterocycles. The maximum atomic E-state index is 12.3. The Morgan fingerprint density at radius 1 is 1.04 bits per heavy atom. The lowest BCUT2D eigenvalue weighted by Crippen LogP contribution is -2.16. The van der Waals surface area contributed by atoms with Crippen molar-refractivity contribution in [3.63, 3.8) is 0 Å². The van der Waals surface area contributed by atoms with Crippen LogP contribution in [0.25, 0.3) is 0 Å². The number of ether oxygens (including phenoxy) is 1. The van der Waals surface area contributed by atoms with Crippen LogP contribution in [0.2, 0.25) is 0 Å². The van der Waals surface area contributed by atoms with Gasteiger partial charge in [-0.1, -0.05) is 12.1 Å². The smallest absolute Gasteiger partial charge is 0.367 e. The number of rotatable bonds is 6. The SMILES string of the molecule is CN(C)C(=O)Sc1ccc(NC(=O)c2ccc(COCC(F)(F)F)cc2)cc1. The molecule has 2 aromatic rings. The van der Waals surface area contributed by atoms with Crippen LogP contribution in [-0.4, -0.2) is 42.9 Å². The van der Waals surface area contributed by atoms with Crippen molar-refractivity contribution >= 4 is 28.6 Å². The van der Waals surface area contributed by atoms with Crippen molar-refractivity contribution in [1.82, 2.24) is 4.90 Å². The molecule has 0 heterocycles. The van der Waals surface area contributed by atoms with Crippen LogP contribution in [-0.2, 0) is 11.3 Å². The number of nitrogens with one attached hydrogen (secondary N) is 1. The van der Waals surface area contributed by atoms with E-state index in [0.29, 0.717) is 16.8 Å². The van der Waals surface area contributed by atoms with Crippen LogP contribution in [0.3, 0.4) is 0 Å². The largest absolute Gasteiger partial charge is 0.411 e. The molecule has 0 saturated heterocycles. The van der Waals surface area contributed by atoms with E-state index in [1.807, 2.05) is 0 Å². The summed E-state index contributed by atoms with van der Waals surface area (Å²) in [6.07, 6.45) is -4.37. The van der Waals surface area contributed by atoms with E-state index in [9.17, 15) is 22.8 Å². The topological polar surface area (TPSA) is 58.6 Å². The van der Waals surface area contributed by atoms with Crippen molar-refractivity contribution in [2.45, 2.75) is 17.7 Å². The van der Waals surface area contributed by atoms with Gasteiger partial charge in [0, 0.05) is 30.2 Å². The summed E-state index contributed by atoms with van der Waals surface area (Å²) < 4.78 is 40.8. The van der Waals surface area contributed by atoms with Gasteiger partial charge in [-0.25, -0.2) is 0 Å². The molecule has 0 aliphatic rings. The van der Waals surface area contributed by atoms with Crippen LogP contribution in [0.5, 0.6) is 0 Å². The number of carbonyl (C=O) groups is 2. The Morgan fingerprint density at radius 3 is 2.18 bits per heavy atom. The molecule has 0 aromatic heterocycles. The van der Waals surface area contributed by atoms with Gasteiger partial charge in [0.25, 0.3) is 11.1 Å². The molecule has 2 aromatic carbocycles. The zero-order valence-corrected chi connectivity index (χ0v) is 16.1. The highest BCUT2D eigenvalue weighted by molar-refractivity contribution is 8.13. The number of alkyl halides is 3. The predicted molar refractivity (Wildman–Crippen MR) is 101 cm³/mol.